The fourth-order valence-electron chi connectivity index (χ4n) is 0.750. The molecule has 1 rings (SSSR count). The lowest BCUT2D eigenvalue weighted by atomic mass is 10.6. The number of nitrogens with zero attached hydrogens (tertiary/aromatic N) is 2. The van der Waals surface area contributed by atoms with Crippen LogP contribution in [0.25, 0.3) is 0 Å². The van der Waals surface area contributed by atoms with Gasteiger partial charge in [0.05, 0.1) is 6.20 Å². The molecule has 0 aliphatic carbocycles. The Kier molecular flexibility index (Phi) is 3.28. The molecule has 0 bridgehead atoms. The van der Waals surface area contributed by atoms with E-state index in [1.54, 1.807) is 0 Å². The van der Waals surface area contributed by atoms with Crippen molar-refractivity contribution in [2.45, 2.75) is 10.8 Å². The second kappa shape index (κ2) is 3.91. The second-order valence-electron chi connectivity index (χ2n) is 2.75. The van der Waals surface area contributed by atoms with Crippen LogP contribution in [-0.4, -0.2) is 32.4 Å². The quantitative estimate of drug-likeness (QED) is 0.744. The molecular formula is C6H9ClN2O2S2. The summed E-state index contributed by atoms with van der Waals surface area (Å²) in [5.41, 5.74) is 0. The van der Waals surface area contributed by atoms with E-state index in [4.69, 9.17) is 10.7 Å². The summed E-state index contributed by atoms with van der Waals surface area (Å²) in [6.45, 7) is 0.622. The highest BCUT2D eigenvalue weighted by atomic mass is 35.7. The van der Waals surface area contributed by atoms with Crippen molar-refractivity contribution in [3.05, 3.63) is 11.2 Å². The van der Waals surface area contributed by atoms with Gasteiger partial charge in [-0.3, -0.25) is 0 Å². The van der Waals surface area contributed by atoms with Crippen LogP contribution in [-0.2, 0) is 15.6 Å². The van der Waals surface area contributed by atoms with E-state index in [-0.39, 0.29) is 4.21 Å². The van der Waals surface area contributed by atoms with E-state index in [2.05, 4.69) is 4.98 Å². The van der Waals surface area contributed by atoms with Gasteiger partial charge in [-0.05, 0) is 14.1 Å². The Balaban J connectivity index is 2.88. The monoisotopic (exact) mass is 240 g/mol. The van der Waals surface area contributed by atoms with Gasteiger partial charge in [-0.1, -0.05) is 0 Å². The maximum atomic E-state index is 10.9. The summed E-state index contributed by atoms with van der Waals surface area (Å²) in [6, 6.07) is 0. The van der Waals surface area contributed by atoms with Crippen molar-refractivity contribution in [1.29, 1.82) is 0 Å². The molecular weight excluding hydrogens is 232 g/mol. The Bertz CT molecular complexity index is 385. The predicted octanol–water partition coefficient (Wildman–Crippen LogP) is 1.13. The lowest BCUT2D eigenvalue weighted by molar-refractivity contribution is 0.401. The zero-order valence-electron chi connectivity index (χ0n) is 7.19. The molecule has 0 spiro atoms. The van der Waals surface area contributed by atoms with Gasteiger partial charge in [0.15, 0.2) is 4.21 Å². The predicted molar refractivity (Wildman–Crippen MR) is 52.5 cm³/mol. The number of aromatic nitrogens is 1. The maximum absolute atomic E-state index is 10.9. The molecule has 0 radical (unpaired) electrons. The molecule has 0 amide bonds. The van der Waals surface area contributed by atoms with E-state index in [1.165, 1.54) is 6.20 Å². The Morgan fingerprint density at radius 2 is 2.23 bits per heavy atom. The van der Waals surface area contributed by atoms with Crippen molar-refractivity contribution >= 4 is 31.1 Å². The van der Waals surface area contributed by atoms with Gasteiger partial charge in [0.25, 0.3) is 9.05 Å². The molecule has 0 aromatic carbocycles. The molecule has 1 aromatic heterocycles. The first-order valence-electron chi connectivity index (χ1n) is 3.43. The molecule has 0 N–H and O–H groups in total. The summed E-state index contributed by atoms with van der Waals surface area (Å²) < 4.78 is 21.8. The van der Waals surface area contributed by atoms with Crippen molar-refractivity contribution in [3.63, 3.8) is 0 Å². The Morgan fingerprint density at radius 1 is 1.62 bits per heavy atom. The van der Waals surface area contributed by atoms with Gasteiger partial charge >= 0.3 is 0 Å². The first-order valence-corrected chi connectivity index (χ1v) is 6.56. The standard InChI is InChI=1S/C6H9ClN2O2S2/c1-9(2)4-5-8-3-6(12-5)13(7,10)11/h3H,4H2,1-2H3. The molecule has 0 aliphatic rings. The number of hydrogen-bond acceptors (Lipinski definition) is 5. The van der Waals surface area contributed by atoms with Crippen molar-refractivity contribution in [1.82, 2.24) is 9.88 Å². The van der Waals surface area contributed by atoms with E-state index >= 15 is 0 Å². The van der Waals surface area contributed by atoms with Crippen LogP contribution in [0.4, 0.5) is 0 Å². The van der Waals surface area contributed by atoms with Crippen LogP contribution < -0.4 is 0 Å². The Morgan fingerprint density at radius 3 is 2.62 bits per heavy atom. The van der Waals surface area contributed by atoms with Crippen LogP contribution in [0.1, 0.15) is 5.01 Å². The molecule has 1 aromatic rings. The minimum atomic E-state index is -3.61. The van der Waals surface area contributed by atoms with Gasteiger partial charge in [0.2, 0.25) is 0 Å². The van der Waals surface area contributed by atoms with Gasteiger partial charge in [-0.2, -0.15) is 0 Å². The minimum Gasteiger partial charge on any atom is -0.303 e. The fraction of sp³-hybridized carbons (Fsp3) is 0.500. The van der Waals surface area contributed by atoms with Crippen LogP contribution >= 0.6 is 22.0 Å². The van der Waals surface area contributed by atoms with Gasteiger partial charge in [0, 0.05) is 17.2 Å². The fourth-order valence-corrected chi connectivity index (χ4v) is 2.78. The first-order chi connectivity index (χ1) is 5.89. The van der Waals surface area contributed by atoms with Crippen LogP contribution in [0.5, 0.6) is 0 Å². The zero-order valence-corrected chi connectivity index (χ0v) is 9.58. The third-order valence-electron chi connectivity index (χ3n) is 1.22. The van der Waals surface area contributed by atoms with Gasteiger partial charge in [0.1, 0.15) is 5.01 Å². The molecule has 13 heavy (non-hydrogen) atoms. The van der Waals surface area contributed by atoms with Gasteiger partial charge < -0.3 is 4.90 Å². The summed E-state index contributed by atoms with van der Waals surface area (Å²) in [7, 11) is 5.30. The number of rotatable bonds is 3. The molecule has 0 aliphatic heterocycles. The molecule has 1 heterocycles. The normalized spacial score (nSPS) is 12.3. The van der Waals surface area contributed by atoms with E-state index in [0.29, 0.717) is 6.54 Å². The van der Waals surface area contributed by atoms with Crippen molar-refractivity contribution < 1.29 is 8.42 Å². The summed E-state index contributed by atoms with van der Waals surface area (Å²) >= 11 is 1.10. The molecule has 0 unspecified atom stereocenters. The number of hydrogen-bond donors (Lipinski definition) is 0. The first kappa shape index (κ1) is 10.9. The Hall–Kier alpha value is -0.170. The second-order valence-corrected chi connectivity index (χ2v) is 6.66. The summed E-state index contributed by atoms with van der Waals surface area (Å²) in [6.07, 6.45) is 1.28. The highest BCUT2D eigenvalue weighted by Crippen LogP contribution is 2.22. The minimum absolute atomic E-state index is 0.103. The third-order valence-corrected chi connectivity index (χ3v) is 4.27. The molecule has 0 saturated heterocycles. The van der Waals surface area contributed by atoms with E-state index < -0.39 is 9.05 Å². The van der Waals surface area contributed by atoms with Crippen LogP contribution in [0.15, 0.2) is 10.4 Å². The third kappa shape index (κ3) is 3.22. The van der Waals surface area contributed by atoms with E-state index in [0.717, 1.165) is 16.3 Å². The van der Waals surface area contributed by atoms with Crippen molar-refractivity contribution in [3.8, 4) is 0 Å². The average molecular weight is 241 g/mol. The summed E-state index contributed by atoms with van der Waals surface area (Å²) in [4.78, 5) is 5.84. The highest BCUT2D eigenvalue weighted by Gasteiger charge is 2.14. The van der Waals surface area contributed by atoms with Crippen LogP contribution in [0, 0.1) is 0 Å². The summed E-state index contributed by atoms with van der Waals surface area (Å²) in [5, 5.41) is 0.740. The van der Waals surface area contributed by atoms with Gasteiger partial charge in [-0.25, -0.2) is 13.4 Å². The SMILES string of the molecule is CN(C)Cc1ncc(S(=O)(=O)Cl)s1. The maximum Gasteiger partial charge on any atom is 0.272 e. The topological polar surface area (TPSA) is 50.3 Å². The number of halogens is 1. The molecule has 0 fully saturated rings. The molecule has 7 heteroatoms. The Labute approximate surface area is 85.6 Å². The molecule has 74 valence electrons. The average Bonchev–Trinajstić information content (AvgIpc) is 2.32. The van der Waals surface area contributed by atoms with E-state index in [1.807, 2.05) is 19.0 Å². The molecule has 0 atom stereocenters. The molecule has 0 saturated carbocycles. The van der Waals surface area contributed by atoms with Crippen LogP contribution in [0.3, 0.4) is 0 Å². The van der Waals surface area contributed by atoms with Crippen molar-refractivity contribution in [2.24, 2.45) is 0 Å². The van der Waals surface area contributed by atoms with Crippen molar-refractivity contribution in [2.75, 3.05) is 14.1 Å². The van der Waals surface area contributed by atoms with Gasteiger partial charge in [-0.15, -0.1) is 11.3 Å². The smallest absolute Gasteiger partial charge is 0.272 e. The van der Waals surface area contributed by atoms with E-state index in [9.17, 15) is 8.42 Å². The lowest BCUT2D eigenvalue weighted by Crippen LogP contribution is -2.09. The zero-order chi connectivity index (χ0) is 10.1. The lowest BCUT2D eigenvalue weighted by Gasteiger charge is -2.04. The highest BCUT2D eigenvalue weighted by molar-refractivity contribution is 8.15. The largest absolute Gasteiger partial charge is 0.303 e. The molecule has 4 nitrogen and oxygen atoms in total. The number of thiazole rings is 1. The van der Waals surface area contributed by atoms with Crippen LogP contribution in [0.2, 0.25) is 0 Å². The summed E-state index contributed by atoms with van der Waals surface area (Å²) in [5.74, 6) is 0.